The monoisotopic (exact) mass is 306 g/mol. The number of likely N-dealkylation sites (tertiary alicyclic amines) is 1. The van der Waals surface area contributed by atoms with Crippen molar-refractivity contribution in [2.24, 2.45) is 13.0 Å². The van der Waals surface area contributed by atoms with Gasteiger partial charge in [0, 0.05) is 43.9 Å². The number of aromatic nitrogens is 3. The lowest BCUT2D eigenvalue weighted by molar-refractivity contribution is 0.0616. The molecule has 1 aliphatic heterocycles. The normalized spacial score (nSPS) is 19.0. The SMILES string of the molecule is Cn1cc(-c2nc(C(=O)N3CCCC(CO)C3)cs2)cn1. The average molecular weight is 306 g/mol. The van der Waals surface area contributed by atoms with Crippen LogP contribution in [0, 0.1) is 5.92 Å². The van der Waals surface area contributed by atoms with E-state index in [1.165, 1.54) is 11.3 Å². The Hall–Kier alpha value is -1.73. The van der Waals surface area contributed by atoms with Gasteiger partial charge in [-0.25, -0.2) is 4.98 Å². The van der Waals surface area contributed by atoms with Crippen LogP contribution in [0.15, 0.2) is 17.8 Å². The van der Waals surface area contributed by atoms with Crippen LogP contribution in [0.1, 0.15) is 23.3 Å². The topological polar surface area (TPSA) is 71.2 Å². The molecule has 7 heteroatoms. The summed E-state index contributed by atoms with van der Waals surface area (Å²) >= 11 is 1.45. The van der Waals surface area contributed by atoms with Crippen LogP contribution in [0.2, 0.25) is 0 Å². The molecule has 21 heavy (non-hydrogen) atoms. The van der Waals surface area contributed by atoms with Crippen LogP contribution in [0.25, 0.3) is 10.6 Å². The molecule has 1 amide bonds. The molecule has 0 aromatic carbocycles. The van der Waals surface area contributed by atoms with Gasteiger partial charge in [-0.05, 0) is 18.8 Å². The first-order valence-corrected chi connectivity index (χ1v) is 7.90. The number of aliphatic hydroxyl groups excluding tert-OH is 1. The lowest BCUT2D eigenvalue weighted by atomic mass is 9.99. The molecule has 1 N–H and O–H groups in total. The summed E-state index contributed by atoms with van der Waals surface area (Å²) in [5, 5.41) is 16.0. The van der Waals surface area contributed by atoms with Crippen molar-refractivity contribution in [3.63, 3.8) is 0 Å². The van der Waals surface area contributed by atoms with Crippen molar-refractivity contribution < 1.29 is 9.90 Å². The zero-order valence-corrected chi connectivity index (χ0v) is 12.7. The van der Waals surface area contributed by atoms with Crippen LogP contribution < -0.4 is 0 Å². The maximum absolute atomic E-state index is 12.5. The van der Waals surface area contributed by atoms with Gasteiger partial charge in [0.1, 0.15) is 10.7 Å². The highest BCUT2D eigenvalue weighted by Crippen LogP contribution is 2.25. The summed E-state index contributed by atoms with van der Waals surface area (Å²) in [6, 6.07) is 0. The first-order valence-electron chi connectivity index (χ1n) is 7.02. The highest BCUT2D eigenvalue weighted by atomic mass is 32.1. The van der Waals surface area contributed by atoms with E-state index in [4.69, 9.17) is 0 Å². The molecule has 3 rings (SSSR count). The molecule has 0 aliphatic carbocycles. The predicted molar refractivity (Wildman–Crippen MR) is 80.0 cm³/mol. The lowest BCUT2D eigenvalue weighted by Crippen LogP contribution is -2.41. The van der Waals surface area contributed by atoms with Gasteiger partial charge in [-0.1, -0.05) is 0 Å². The molecule has 3 heterocycles. The van der Waals surface area contributed by atoms with Gasteiger partial charge in [0.25, 0.3) is 5.91 Å². The molecule has 0 saturated carbocycles. The van der Waals surface area contributed by atoms with Crippen LogP contribution in [0.4, 0.5) is 0 Å². The van der Waals surface area contributed by atoms with Crippen molar-refractivity contribution in [3.05, 3.63) is 23.5 Å². The maximum atomic E-state index is 12.5. The molecule has 112 valence electrons. The third-order valence-corrected chi connectivity index (χ3v) is 4.63. The number of nitrogens with zero attached hydrogens (tertiary/aromatic N) is 4. The van der Waals surface area contributed by atoms with Crippen LogP contribution in [0.5, 0.6) is 0 Å². The van der Waals surface area contributed by atoms with E-state index in [2.05, 4.69) is 10.1 Å². The highest BCUT2D eigenvalue weighted by Gasteiger charge is 2.25. The molecule has 1 aliphatic rings. The van der Waals surface area contributed by atoms with Crippen molar-refractivity contribution in [3.8, 4) is 10.6 Å². The average Bonchev–Trinajstić information content (AvgIpc) is 3.15. The number of hydrogen-bond acceptors (Lipinski definition) is 5. The molecule has 2 aromatic rings. The zero-order chi connectivity index (χ0) is 14.8. The van der Waals surface area contributed by atoms with Gasteiger partial charge in [0.2, 0.25) is 0 Å². The zero-order valence-electron chi connectivity index (χ0n) is 11.9. The molecule has 1 unspecified atom stereocenters. The molecular formula is C14H18N4O2S. The number of rotatable bonds is 3. The van der Waals surface area contributed by atoms with Gasteiger partial charge < -0.3 is 10.0 Å². The van der Waals surface area contributed by atoms with E-state index in [9.17, 15) is 9.90 Å². The Bertz CT molecular complexity index is 636. The van der Waals surface area contributed by atoms with Gasteiger partial charge in [-0.2, -0.15) is 5.10 Å². The first kappa shape index (κ1) is 14.2. The minimum atomic E-state index is -0.0421. The van der Waals surface area contributed by atoms with Crippen LogP contribution >= 0.6 is 11.3 Å². The molecule has 2 aromatic heterocycles. The van der Waals surface area contributed by atoms with E-state index in [-0.39, 0.29) is 18.4 Å². The Morgan fingerprint density at radius 2 is 2.43 bits per heavy atom. The fourth-order valence-electron chi connectivity index (χ4n) is 2.60. The highest BCUT2D eigenvalue weighted by molar-refractivity contribution is 7.13. The fraction of sp³-hybridized carbons (Fsp3) is 0.500. The summed E-state index contributed by atoms with van der Waals surface area (Å²) in [5.74, 6) is 0.152. The Morgan fingerprint density at radius 1 is 1.57 bits per heavy atom. The Kier molecular flexibility index (Phi) is 4.03. The Balaban J connectivity index is 1.75. The summed E-state index contributed by atoms with van der Waals surface area (Å²) in [6.07, 6.45) is 5.56. The van der Waals surface area contributed by atoms with Gasteiger partial charge in [0.05, 0.1) is 6.20 Å². The maximum Gasteiger partial charge on any atom is 0.273 e. The largest absolute Gasteiger partial charge is 0.396 e. The summed E-state index contributed by atoms with van der Waals surface area (Å²) < 4.78 is 1.72. The second-order valence-electron chi connectivity index (χ2n) is 5.38. The second-order valence-corrected chi connectivity index (χ2v) is 6.24. The van der Waals surface area contributed by atoms with Crippen molar-refractivity contribution in [2.45, 2.75) is 12.8 Å². The van der Waals surface area contributed by atoms with E-state index in [0.29, 0.717) is 12.2 Å². The van der Waals surface area contributed by atoms with Gasteiger partial charge in [-0.15, -0.1) is 11.3 Å². The van der Waals surface area contributed by atoms with Crippen LogP contribution in [0.3, 0.4) is 0 Å². The number of amides is 1. The third-order valence-electron chi connectivity index (χ3n) is 3.74. The quantitative estimate of drug-likeness (QED) is 0.930. The summed E-state index contributed by atoms with van der Waals surface area (Å²) in [7, 11) is 1.85. The molecular weight excluding hydrogens is 288 g/mol. The first-order chi connectivity index (χ1) is 10.2. The van der Waals surface area contributed by atoms with Gasteiger partial charge in [0.15, 0.2) is 0 Å². The van der Waals surface area contributed by atoms with E-state index in [1.807, 2.05) is 13.2 Å². The standard InChI is InChI=1S/C14H18N4O2S/c1-17-7-11(5-15-17)13-16-12(9-21-13)14(20)18-4-2-3-10(6-18)8-19/h5,7,9-10,19H,2-4,6,8H2,1H3. The Morgan fingerprint density at radius 3 is 3.14 bits per heavy atom. The molecule has 1 fully saturated rings. The van der Waals surface area contributed by atoms with E-state index >= 15 is 0 Å². The van der Waals surface area contributed by atoms with E-state index in [1.54, 1.807) is 21.2 Å². The van der Waals surface area contributed by atoms with Crippen molar-refractivity contribution >= 4 is 17.2 Å². The number of carbonyl (C=O) groups is 1. The molecule has 0 spiro atoms. The molecule has 6 nitrogen and oxygen atoms in total. The molecule has 1 saturated heterocycles. The molecule has 0 radical (unpaired) electrons. The number of aryl methyl sites for hydroxylation is 1. The fourth-order valence-corrected chi connectivity index (χ4v) is 3.37. The minimum Gasteiger partial charge on any atom is -0.396 e. The molecule has 1 atom stereocenters. The van der Waals surface area contributed by atoms with E-state index < -0.39 is 0 Å². The second kappa shape index (κ2) is 5.95. The lowest BCUT2D eigenvalue weighted by Gasteiger charge is -2.31. The number of piperidine rings is 1. The minimum absolute atomic E-state index is 0.0421. The summed E-state index contributed by atoms with van der Waals surface area (Å²) in [6.45, 7) is 1.51. The van der Waals surface area contributed by atoms with Crippen LogP contribution in [-0.2, 0) is 7.05 Å². The van der Waals surface area contributed by atoms with Gasteiger partial charge >= 0.3 is 0 Å². The summed E-state index contributed by atoms with van der Waals surface area (Å²) in [5.41, 5.74) is 1.41. The number of aliphatic hydroxyl groups is 1. The van der Waals surface area contributed by atoms with Crippen molar-refractivity contribution in [2.75, 3.05) is 19.7 Å². The van der Waals surface area contributed by atoms with Gasteiger partial charge in [-0.3, -0.25) is 9.48 Å². The molecule has 0 bridgehead atoms. The van der Waals surface area contributed by atoms with Crippen LogP contribution in [-0.4, -0.2) is 50.4 Å². The summed E-state index contributed by atoms with van der Waals surface area (Å²) in [4.78, 5) is 18.7. The van der Waals surface area contributed by atoms with E-state index in [0.717, 1.165) is 30.0 Å². The Labute approximate surface area is 127 Å². The third kappa shape index (κ3) is 2.98. The predicted octanol–water partition coefficient (Wildman–Crippen LogP) is 1.39. The van der Waals surface area contributed by atoms with Crippen molar-refractivity contribution in [1.29, 1.82) is 0 Å². The smallest absolute Gasteiger partial charge is 0.273 e. The van der Waals surface area contributed by atoms with Crippen molar-refractivity contribution in [1.82, 2.24) is 19.7 Å². The number of hydrogen-bond donors (Lipinski definition) is 1. The number of thiazole rings is 1. The number of carbonyl (C=O) groups excluding carboxylic acids is 1.